The molecule has 0 aromatic carbocycles. The minimum atomic E-state index is -0.800. The van der Waals surface area contributed by atoms with E-state index >= 15 is 0 Å². The van der Waals surface area contributed by atoms with Gasteiger partial charge in [0.1, 0.15) is 5.75 Å². The molecule has 2 nitrogen and oxygen atoms in total. The largest absolute Gasteiger partial charge is 0.598 e. The molecular weight excluding hydrogens is 146 g/mol. The second-order valence-corrected chi connectivity index (χ2v) is 4.11. The zero-order valence-corrected chi connectivity index (χ0v) is 7.83. The van der Waals surface area contributed by atoms with E-state index in [0.29, 0.717) is 5.92 Å². The minimum Gasteiger partial charge on any atom is -0.598 e. The van der Waals surface area contributed by atoms with E-state index in [2.05, 4.69) is 25.5 Å². The van der Waals surface area contributed by atoms with E-state index in [1.165, 1.54) is 0 Å². The highest BCUT2D eigenvalue weighted by Gasteiger charge is 2.06. The molecule has 3 heteroatoms. The van der Waals surface area contributed by atoms with Crippen LogP contribution in [0.4, 0.5) is 0 Å². The van der Waals surface area contributed by atoms with Gasteiger partial charge in [-0.05, 0) is 12.3 Å². The van der Waals surface area contributed by atoms with Crippen molar-refractivity contribution in [1.29, 1.82) is 0 Å². The van der Waals surface area contributed by atoms with Crippen LogP contribution in [0.2, 0.25) is 0 Å². The van der Waals surface area contributed by atoms with Gasteiger partial charge in [0, 0.05) is 17.9 Å². The van der Waals surface area contributed by atoms with Crippen LogP contribution in [0, 0.1) is 5.92 Å². The van der Waals surface area contributed by atoms with Crippen LogP contribution in [-0.4, -0.2) is 16.9 Å². The van der Waals surface area contributed by atoms with Crippen LogP contribution in [-0.2, 0) is 11.4 Å². The highest BCUT2D eigenvalue weighted by atomic mass is 32.2. The molecule has 0 aliphatic heterocycles. The maximum absolute atomic E-state index is 11.0. The Morgan fingerprint density at radius 1 is 1.50 bits per heavy atom. The molecule has 0 aromatic rings. The summed E-state index contributed by atoms with van der Waals surface area (Å²) in [6.45, 7) is 7.08. The van der Waals surface area contributed by atoms with Gasteiger partial charge in [-0.15, -0.1) is 4.72 Å². The summed E-state index contributed by atoms with van der Waals surface area (Å²) in [6, 6.07) is 0. The van der Waals surface area contributed by atoms with E-state index in [1.807, 2.05) is 0 Å². The lowest BCUT2D eigenvalue weighted by Crippen LogP contribution is -2.28. The molecule has 1 N–H and O–H groups in total. The predicted octanol–water partition coefficient (Wildman–Crippen LogP) is 1.31. The summed E-state index contributed by atoms with van der Waals surface area (Å²) in [6.07, 6.45) is 1.05. The first-order valence-corrected chi connectivity index (χ1v) is 5.10. The Kier molecular flexibility index (Phi) is 6.17. The molecule has 0 radical (unpaired) electrons. The fourth-order valence-corrected chi connectivity index (χ4v) is 1.73. The van der Waals surface area contributed by atoms with E-state index in [1.54, 1.807) is 0 Å². The third-order valence-corrected chi connectivity index (χ3v) is 2.49. The fraction of sp³-hybridized carbons (Fsp3) is 1.00. The van der Waals surface area contributed by atoms with Gasteiger partial charge in [0.05, 0.1) is 0 Å². The lowest BCUT2D eigenvalue weighted by molar-refractivity contribution is 0.566. The van der Waals surface area contributed by atoms with Crippen molar-refractivity contribution in [2.75, 3.05) is 12.3 Å². The normalized spacial score (nSPS) is 14.1. The molecule has 0 rings (SSSR count). The first kappa shape index (κ1) is 10.3. The van der Waals surface area contributed by atoms with Crippen molar-refractivity contribution in [3.05, 3.63) is 0 Å². The van der Waals surface area contributed by atoms with Gasteiger partial charge in [0.15, 0.2) is 0 Å². The predicted molar refractivity (Wildman–Crippen MR) is 46.1 cm³/mol. The molecule has 1 unspecified atom stereocenters. The van der Waals surface area contributed by atoms with Crippen molar-refractivity contribution in [2.45, 2.75) is 27.2 Å². The van der Waals surface area contributed by atoms with Crippen LogP contribution in [0.5, 0.6) is 0 Å². The number of rotatable bonds is 5. The molecule has 0 heterocycles. The van der Waals surface area contributed by atoms with Crippen molar-refractivity contribution < 1.29 is 4.55 Å². The van der Waals surface area contributed by atoms with E-state index in [-0.39, 0.29) is 0 Å². The zero-order chi connectivity index (χ0) is 7.98. The van der Waals surface area contributed by atoms with E-state index in [0.717, 1.165) is 18.7 Å². The summed E-state index contributed by atoms with van der Waals surface area (Å²) in [5, 5.41) is 0. The number of hydrogen-bond acceptors (Lipinski definition) is 2. The van der Waals surface area contributed by atoms with Gasteiger partial charge in [-0.3, -0.25) is 0 Å². The highest BCUT2D eigenvalue weighted by Crippen LogP contribution is 1.96. The van der Waals surface area contributed by atoms with Gasteiger partial charge in [0.25, 0.3) is 0 Å². The van der Waals surface area contributed by atoms with Crippen LogP contribution in [0.15, 0.2) is 0 Å². The van der Waals surface area contributed by atoms with Crippen LogP contribution < -0.4 is 4.72 Å². The molecule has 62 valence electrons. The first-order valence-electron chi connectivity index (χ1n) is 3.78. The SMILES string of the molecule is CCCN[S+]([O-])CC(C)C. The Labute approximate surface area is 66.7 Å². The quantitative estimate of drug-likeness (QED) is 0.620. The van der Waals surface area contributed by atoms with E-state index in [9.17, 15) is 4.55 Å². The van der Waals surface area contributed by atoms with Crippen molar-refractivity contribution >= 4 is 11.4 Å². The van der Waals surface area contributed by atoms with Crippen molar-refractivity contribution in [3.8, 4) is 0 Å². The Hall–Kier alpha value is 0.270. The topological polar surface area (TPSA) is 35.1 Å². The number of nitrogens with one attached hydrogen (secondary N) is 1. The molecule has 0 spiro atoms. The number of hydrogen-bond donors (Lipinski definition) is 1. The Morgan fingerprint density at radius 3 is 2.50 bits per heavy atom. The van der Waals surface area contributed by atoms with Crippen molar-refractivity contribution in [2.24, 2.45) is 5.92 Å². The van der Waals surface area contributed by atoms with Crippen LogP contribution in [0.25, 0.3) is 0 Å². The van der Waals surface area contributed by atoms with Crippen molar-refractivity contribution in [1.82, 2.24) is 4.72 Å². The molecule has 0 aliphatic carbocycles. The second kappa shape index (κ2) is 6.01. The van der Waals surface area contributed by atoms with Crippen LogP contribution >= 0.6 is 0 Å². The molecule has 1 atom stereocenters. The molecular formula is C7H17NOS. The van der Waals surface area contributed by atoms with Crippen LogP contribution in [0.1, 0.15) is 27.2 Å². The standard InChI is InChI=1S/C7H17NOS/c1-4-5-8-10(9)6-7(2)3/h7-8H,4-6H2,1-3H3. The summed E-state index contributed by atoms with van der Waals surface area (Å²) in [7, 11) is 0. The van der Waals surface area contributed by atoms with Gasteiger partial charge in [-0.1, -0.05) is 20.8 Å². The lowest BCUT2D eigenvalue weighted by atomic mass is 10.3. The smallest absolute Gasteiger partial charge is 0.127 e. The maximum atomic E-state index is 11.0. The van der Waals surface area contributed by atoms with Crippen molar-refractivity contribution in [3.63, 3.8) is 0 Å². The van der Waals surface area contributed by atoms with Gasteiger partial charge in [-0.25, -0.2) is 0 Å². The van der Waals surface area contributed by atoms with Crippen LogP contribution in [0.3, 0.4) is 0 Å². The van der Waals surface area contributed by atoms with Gasteiger partial charge in [-0.2, -0.15) is 0 Å². The zero-order valence-electron chi connectivity index (χ0n) is 7.02. The molecule has 0 amide bonds. The van der Waals surface area contributed by atoms with E-state index in [4.69, 9.17) is 0 Å². The molecule has 0 aliphatic rings. The molecule has 0 saturated heterocycles. The van der Waals surface area contributed by atoms with Gasteiger partial charge >= 0.3 is 0 Å². The average Bonchev–Trinajstić information content (AvgIpc) is 1.82. The molecule has 0 aromatic heterocycles. The highest BCUT2D eigenvalue weighted by molar-refractivity contribution is 7.89. The first-order chi connectivity index (χ1) is 4.66. The summed E-state index contributed by atoms with van der Waals surface area (Å²) in [5.41, 5.74) is 0. The third kappa shape index (κ3) is 6.39. The Morgan fingerprint density at radius 2 is 2.10 bits per heavy atom. The summed E-state index contributed by atoms with van der Waals surface area (Å²) in [4.78, 5) is 0. The van der Waals surface area contributed by atoms with E-state index < -0.39 is 11.4 Å². The summed E-state index contributed by atoms with van der Waals surface area (Å²) < 4.78 is 13.9. The monoisotopic (exact) mass is 163 g/mol. The fourth-order valence-electron chi connectivity index (χ4n) is 0.578. The van der Waals surface area contributed by atoms with Gasteiger partial charge in [0.2, 0.25) is 0 Å². The average molecular weight is 163 g/mol. The minimum absolute atomic E-state index is 0.519. The summed E-state index contributed by atoms with van der Waals surface area (Å²) >= 11 is -0.800. The second-order valence-electron chi connectivity index (χ2n) is 2.80. The molecule has 10 heavy (non-hydrogen) atoms. The molecule has 0 saturated carbocycles. The lowest BCUT2D eigenvalue weighted by Gasteiger charge is -2.11. The summed E-state index contributed by atoms with van der Waals surface area (Å²) in [5.74, 6) is 1.28. The Bertz CT molecular complexity index is 78.0. The Balaban J connectivity index is 3.16. The maximum Gasteiger partial charge on any atom is 0.127 e. The van der Waals surface area contributed by atoms with Gasteiger partial charge < -0.3 is 4.55 Å². The third-order valence-electron chi connectivity index (χ3n) is 0.998. The molecule has 0 bridgehead atoms. The molecule has 0 fully saturated rings.